The number of hydrogen-bond donors (Lipinski definition) is 1. The SMILES string of the molecule is Cc1ccc(-n2ccnn2)c(C(=O)Nc2ccc(C3CCN(C(=O)c4cc5cccn5cn4)CC3)cc2)c1. The van der Waals surface area contributed by atoms with Gasteiger partial charge in [-0.15, -0.1) is 5.10 Å². The van der Waals surface area contributed by atoms with Gasteiger partial charge in [0.1, 0.15) is 5.69 Å². The van der Waals surface area contributed by atoms with Crippen molar-refractivity contribution in [1.82, 2.24) is 29.3 Å². The van der Waals surface area contributed by atoms with Crippen molar-refractivity contribution in [2.24, 2.45) is 0 Å². The molecular formula is C29H27N7O2. The maximum atomic E-state index is 13.1. The summed E-state index contributed by atoms with van der Waals surface area (Å²) in [5.41, 5.74) is 5.57. The van der Waals surface area contributed by atoms with Crippen molar-refractivity contribution in [2.75, 3.05) is 18.4 Å². The number of piperidine rings is 1. The molecule has 3 aromatic heterocycles. The normalized spacial score (nSPS) is 14.1. The summed E-state index contributed by atoms with van der Waals surface area (Å²) in [7, 11) is 0. The van der Waals surface area contributed by atoms with Crippen LogP contribution in [-0.2, 0) is 0 Å². The van der Waals surface area contributed by atoms with Gasteiger partial charge in [0.05, 0.1) is 30.0 Å². The van der Waals surface area contributed by atoms with Gasteiger partial charge in [-0.3, -0.25) is 9.59 Å². The van der Waals surface area contributed by atoms with Gasteiger partial charge in [0, 0.05) is 30.5 Å². The smallest absolute Gasteiger partial charge is 0.272 e. The first-order chi connectivity index (χ1) is 18.5. The third kappa shape index (κ3) is 4.66. The molecule has 2 aromatic carbocycles. The van der Waals surface area contributed by atoms with Gasteiger partial charge in [-0.05, 0) is 73.7 Å². The van der Waals surface area contributed by atoms with Gasteiger partial charge in [-0.25, -0.2) is 9.67 Å². The zero-order valence-corrected chi connectivity index (χ0v) is 21.0. The molecule has 4 heterocycles. The fourth-order valence-electron chi connectivity index (χ4n) is 5.04. The van der Waals surface area contributed by atoms with Crippen molar-refractivity contribution in [2.45, 2.75) is 25.7 Å². The van der Waals surface area contributed by atoms with Crippen LogP contribution >= 0.6 is 0 Å². The summed E-state index contributed by atoms with van der Waals surface area (Å²) in [6, 6.07) is 19.4. The molecule has 0 atom stereocenters. The van der Waals surface area contributed by atoms with Crippen LogP contribution in [0.25, 0.3) is 11.2 Å². The van der Waals surface area contributed by atoms with Crippen LogP contribution in [0.2, 0.25) is 0 Å². The molecule has 1 fully saturated rings. The van der Waals surface area contributed by atoms with Crippen molar-refractivity contribution >= 4 is 23.0 Å². The molecule has 9 heteroatoms. The molecule has 1 saturated heterocycles. The van der Waals surface area contributed by atoms with E-state index in [2.05, 4.69) is 32.7 Å². The number of nitrogens with one attached hydrogen (secondary N) is 1. The Labute approximate surface area is 219 Å². The van der Waals surface area contributed by atoms with Crippen molar-refractivity contribution in [3.8, 4) is 5.69 Å². The molecule has 0 unspecified atom stereocenters. The molecule has 0 spiro atoms. The second kappa shape index (κ2) is 9.93. The van der Waals surface area contributed by atoms with Gasteiger partial charge in [-0.2, -0.15) is 0 Å². The number of carbonyl (C=O) groups is 2. The zero-order chi connectivity index (χ0) is 26.1. The van der Waals surface area contributed by atoms with E-state index in [-0.39, 0.29) is 11.8 Å². The minimum Gasteiger partial charge on any atom is -0.337 e. The Morgan fingerprint density at radius 1 is 0.974 bits per heavy atom. The molecule has 6 rings (SSSR count). The first-order valence-corrected chi connectivity index (χ1v) is 12.7. The van der Waals surface area contributed by atoms with Crippen molar-refractivity contribution in [1.29, 1.82) is 0 Å². The Morgan fingerprint density at radius 2 is 1.79 bits per heavy atom. The quantitative estimate of drug-likeness (QED) is 0.379. The topological polar surface area (TPSA) is 97.4 Å². The van der Waals surface area contributed by atoms with Crippen molar-refractivity contribution in [3.63, 3.8) is 0 Å². The Kier molecular flexibility index (Phi) is 6.17. The number of fused-ring (bicyclic) bond motifs is 1. The lowest BCUT2D eigenvalue weighted by Gasteiger charge is -2.32. The van der Waals surface area contributed by atoms with Crippen LogP contribution in [0.4, 0.5) is 5.69 Å². The monoisotopic (exact) mass is 505 g/mol. The number of carbonyl (C=O) groups excluding carboxylic acids is 2. The summed E-state index contributed by atoms with van der Waals surface area (Å²) >= 11 is 0. The molecule has 0 saturated carbocycles. The molecular weight excluding hydrogens is 478 g/mol. The second-order valence-corrected chi connectivity index (χ2v) is 9.63. The Balaban J connectivity index is 1.09. The predicted octanol–water partition coefficient (Wildman–Crippen LogP) is 4.50. The van der Waals surface area contributed by atoms with Gasteiger partial charge in [0.25, 0.3) is 11.8 Å². The highest BCUT2D eigenvalue weighted by Gasteiger charge is 2.25. The highest BCUT2D eigenvalue weighted by molar-refractivity contribution is 6.06. The van der Waals surface area contributed by atoms with E-state index in [9.17, 15) is 9.59 Å². The van der Waals surface area contributed by atoms with Crippen LogP contribution in [0.15, 0.2) is 85.6 Å². The van der Waals surface area contributed by atoms with Crippen LogP contribution in [0.5, 0.6) is 0 Å². The van der Waals surface area contributed by atoms with Gasteiger partial charge in [-0.1, -0.05) is 29.0 Å². The standard InChI is InChI=1S/C29H27N7O2/c1-20-4-9-27(36-16-12-31-33-36)25(17-20)28(37)32-23-7-5-21(6-8-23)22-10-14-34(15-11-22)29(38)26-18-24-3-2-13-35(24)19-30-26/h2-9,12-13,16-19,22H,10-11,14-15H2,1H3,(H,32,37). The van der Waals surface area contributed by atoms with Gasteiger partial charge >= 0.3 is 0 Å². The Morgan fingerprint density at radius 3 is 2.55 bits per heavy atom. The maximum Gasteiger partial charge on any atom is 0.272 e. The number of hydrogen-bond acceptors (Lipinski definition) is 5. The number of benzene rings is 2. The number of rotatable bonds is 5. The van der Waals surface area contributed by atoms with E-state index in [4.69, 9.17) is 0 Å². The largest absolute Gasteiger partial charge is 0.337 e. The molecule has 5 aromatic rings. The minimum absolute atomic E-state index is 0.0216. The average Bonchev–Trinajstić information content (AvgIpc) is 3.65. The summed E-state index contributed by atoms with van der Waals surface area (Å²) in [5.74, 6) is 0.137. The van der Waals surface area contributed by atoms with E-state index in [1.54, 1.807) is 23.4 Å². The lowest BCUT2D eigenvalue weighted by molar-refractivity contribution is 0.0707. The summed E-state index contributed by atoms with van der Waals surface area (Å²) in [6.45, 7) is 3.33. The minimum atomic E-state index is -0.203. The first-order valence-electron chi connectivity index (χ1n) is 12.7. The van der Waals surface area contributed by atoms with Gasteiger partial charge in [0.15, 0.2) is 0 Å². The molecule has 0 bridgehead atoms. The summed E-state index contributed by atoms with van der Waals surface area (Å²) in [4.78, 5) is 32.4. The number of nitrogens with zero attached hydrogens (tertiary/aromatic N) is 6. The third-order valence-corrected chi connectivity index (χ3v) is 7.12. The summed E-state index contributed by atoms with van der Waals surface area (Å²) in [5, 5.41) is 10.9. The maximum absolute atomic E-state index is 13.1. The molecule has 190 valence electrons. The molecule has 38 heavy (non-hydrogen) atoms. The van der Waals surface area contributed by atoms with E-state index in [0.29, 0.717) is 36.0 Å². The molecule has 1 aliphatic heterocycles. The fraction of sp³-hybridized carbons (Fsp3) is 0.207. The summed E-state index contributed by atoms with van der Waals surface area (Å²) < 4.78 is 3.48. The molecule has 1 N–H and O–H groups in total. The van der Waals surface area contributed by atoms with Crippen molar-refractivity contribution in [3.05, 3.63) is 108 Å². The molecule has 2 amide bonds. The van der Waals surface area contributed by atoms with Crippen LogP contribution in [-0.4, -0.2) is 54.2 Å². The van der Waals surface area contributed by atoms with Crippen LogP contribution in [0.1, 0.15) is 50.7 Å². The molecule has 0 aliphatic carbocycles. The van der Waals surface area contributed by atoms with E-state index < -0.39 is 0 Å². The second-order valence-electron chi connectivity index (χ2n) is 9.63. The van der Waals surface area contributed by atoms with Crippen LogP contribution < -0.4 is 5.32 Å². The number of amides is 2. The Hall–Kier alpha value is -4.79. The lowest BCUT2D eigenvalue weighted by Crippen LogP contribution is -2.38. The highest BCUT2D eigenvalue weighted by atomic mass is 16.2. The van der Waals surface area contributed by atoms with Crippen LogP contribution in [0, 0.1) is 6.92 Å². The molecule has 0 radical (unpaired) electrons. The summed E-state index contributed by atoms with van der Waals surface area (Å²) in [6.07, 6.45) is 8.67. The van der Waals surface area contributed by atoms with E-state index in [0.717, 1.165) is 29.6 Å². The fourth-order valence-corrected chi connectivity index (χ4v) is 5.04. The van der Waals surface area contributed by atoms with E-state index in [1.165, 1.54) is 5.56 Å². The number of likely N-dealkylation sites (tertiary alicyclic amines) is 1. The number of anilines is 1. The van der Waals surface area contributed by atoms with Crippen LogP contribution in [0.3, 0.4) is 0 Å². The number of aromatic nitrogens is 5. The van der Waals surface area contributed by atoms with Gasteiger partial charge in [0.2, 0.25) is 0 Å². The van der Waals surface area contributed by atoms with E-state index in [1.807, 2.05) is 71.0 Å². The zero-order valence-electron chi connectivity index (χ0n) is 21.0. The lowest BCUT2D eigenvalue weighted by atomic mass is 9.89. The van der Waals surface area contributed by atoms with E-state index >= 15 is 0 Å². The third-order valence-electron chi connectivity index (χ3n) is 7.12. The predicted molar refractivity (Wildman–Crippen MR) is 144 cm³/mol. The van der Waals surface area contributed by atoms with Gasteiger partial charge < -0.3 is 14.6 Å². The molecule has 9 nitrogen and oxygen atoms in total. The molecule has 1 aliphatic rings. The first kappa shape index (κ1) is 23.6. The number of aryl methyl sites for hydroxylation is 1. The Bertz CT molecular complexity index is 1600. The van der Waals surface area contributed by atoms with Crippen molar-refractivity contribution < 1.29 is 9.59 Å². The average molecular weight is 506 g/mol. The highest BCUT2D eigenvalue weighted by Crippen LogP contribution is 2.30.